The summed E-state index contributed by atoms with van der Waals surface area (Å²) in [5, 5.41) is 8.75. The third kappa shape index (κ3) is 3.46. The molecular formula is C12H21NO3. The molecule has 0 aromatic carbocycles. The molecule has 1 N–H and O–H groups in total. The Hall–Kier alpha value is -0.610. The first-order valence-electron chi connectivity index (χ1n) is 6.26. The standard InChI is InChI=1S/C12H21NO3/c14-12(15)7-11-1-4-13(9-11)8-10-2-5-16-6-3-10/h10-11H,1-9H2,(H,14,15). The number of carboxylic acid groups (broad SMARTS) is 1. The van der Waals surface area contributed by atoms with Crippen molar-refractivity contribution in [1.82, 2.24) is 4.90 Å². The van der Waals surface area contributed by atoms with Crippen LogP contribution < -0.4 is 0 Å². The van der Waals surface area contributed by atoms with Gasteiger partial charge in [-0.2, -0.15) is 0 Å². The van der Waals surface area contributed by atoms with Crippen molar-refractivity contribution in [3.63, 3.8) is 0 Å². The number of ether oxygens (including phenoxy) is 1. The van der Waals surface area contributed by atoms with Gasteiger partial charge in [0.1, 0.15) is 0 Å². The molecule has 1 unspecified atom stereocenters. The maximum absolute atomic E-state index is 10.6. The van der Waals surface area contributed by atoms with Crippen LogP contribution in [0.15, 0.2) is 0 Å². The maximum atomic E-state index is 10.6. The summed E-state index contributed by atoms with van der Waals surface area (Å²) in [6, 6.07) is 0. The van der Waals surface area contributed by atoms with Gasteiger partial charge in [0.2, 0.25) is 0 Å². The predicted octanol–water partition coefficient (Wildman–Crippen LogP) is 1.21. The monoisotopic (exact) mass is 227 g/mol. The lowest BCUT2D eigenvalue weighted by Gasteiger charge is -2.26. The largest absolute Gasteiger partial charge is 0.481 e. The van der Waals surface area contributed by atoms with Gasteiger partial charge in [-0.1, -0.05) is 0 Å². The van der Waals surface area contributed by atoms with Crippen molar-refractivity contribution in [2.24, 2.45) is 11.8 Å². The number of likely N-dealkylation sites (tertiary alicyclic amines) is 1. The van der Waals surface area contributed by atoms with Gasteiger partial charge in [-0.05, 0) is 37.6 Å². The van der Waals surface area contributed by atoms with Crippen LogP contribution in [0.1, 0.15) is 25.7 Å². The summed E-state index contributed by atoms with van der Waals surface area (Å²) in [5.41, 5.74) is 0. The van der Waals surface area contributed by atoms with Crippen molar-refractivity contribution in [3.8, 4) is 0 Å². The number of hydrogen-bond donors (Lipinski definition) is 1. The average Bonchev–Trinajstić information content (AvgIpc) is 2.66. The Morgan fingerprint density at radius 1 is 1.25 bits per heavy atom. The normalized spacial score (nSPS) is 28.4. The molecule has 0 aromatic rings. The first kappa shape index (κ1) is 11.9. The second-order valence-corrected chi connectivity index (χ2v) is 5.07. The number of carbonyl (C=O) groups is 1. The van der Waals surface area contributed by atoms with Crippen LogP contribution in [-0.4, -0.2) is 48.8 Å². The van der Waals surface area contributed by atoms with Crippen LogP contribution in [-0.2, 0) is 9.53 Å². The number of nitrogens with zero attached hydrogens (tertiary/aromatic N) is 1. The molecule has 0 spiro atoms. The molecule has 0 aliphatic carbocycles. The molecule has 0 amide bonds. The summed E-state index contributed by atoms with van der Waals surface area (Å²) < 4.78 is 5.34. The molecule has 0 aromatic heterocycles. The van der Waals surface area contributed by atoms with Crippen molar-refractivity contribution in [2.75, 3.05) is 32.8 Å². The molecule has 1 atom stereocenters. The van der Waals surface area contributed by atoms with E-state index in [-0.39, 0.29) is 0 Å². The quantitative estimate of drug-likeness (QED) is 0.784. The highest BCUT2D eigenvalue weighted by Gasteiger charge is 2.26. The van der Waals surface area contributed by atoms with Gasteiger partial charge in [-0.3, -0.25) is 4.79 Å². The number of rotatable bonds is 4. The van der Waals surface area contributed by atoms with Crippen LogP contribution in [0, 0.1) is 11.8 Å². The fourth-order valence-electron chi connectivity index (χ4n) is 2.79. The highest BCUT2D eigenvalue weighted by Crippen LogP contribution is 2.23. The molecule has 4 nitrogen and oxygen atoms in total. The van der Waals surface area contributed by atoms with Crippen LogP contribution >= 0.6 is 0 Å². The third-order valence-electron chi connectivity index (χ3n) is 3.69. The molecule has 16 heavy (non-hydrogen) atoms. The van der Waals surface area contributed by atoms with E-state index >= 15 is 0 Å². The highest BCUT2D eigenvalue weighted by atomic mass is 16.5. The number of carboxylic acids is 1. The minimum atomic E-state index is -0.655. The molecule has 2 aliphatic heterocycles. The van der Waals surface area contributed by atoms with Gasteiger partial charge in [0.15, 0.2) is 0 Å². The lowest BCUT2D eigenvalue weighted by Crippen LogP contribution is -2.31. The van der Waals surface area contributed by atoms with Crippen molar-refractivity contribution >= 4 is 5.97 Å². The first-order chi connectivity index (χ1) is 7.74. The molecule has 2 heterocycles. The zero-order valence-corrected chi connectivity index (χ0v) is 9.73. The number of aliphatic carboxylic acids is 1. The summed E-state index contributed by atoms with van der Waals surface area (Å²) in [5.74, 6) is 0.479. The van der Waals surface area contributed by atoms with Gasteiger partial charge in [0.05, 0.1) is 0 Å². The second-order valence-electron chi connectivity index (χ2n) is 5.07. The Morgan fingerprint density at radius 3 is 2.69 bits per heavy atom. The van der Waals surface area contributed by atoms with E-state index < -0.39 is 5.97 Å². The minimum Gasteiger partial charge on any atom is -0.481 e. The second kappa shape index (κ2) is 5.64. The van der Waals surface area contributed by atoms with Crippen molar-refractivity contribution in [2.45, 2.75) is 25.7 Å². The van der Waals surface area contributed by atoms with E-state index in [0.717, 1.165) is 45.2 Å². The van der Waals surface area contributed by atoms with Crippen LogP contribution in [0.5, 0.6) is 0 Å². The smallest absolute Gasteiger partial charge is 0.303 e. The average molecular weight is 227 g/mol. The molecular weight excluding hydrogens is 206 g/mol. The Bertz CT molecular complexity index is 238. The van der Waals surface area contributed by atoms with E-state index in [1.807, 2.05) is 0 Å². The Balaban J connectivity index is 1.69. The molecule has 2 fully saturated rings. The van der Waals surface area contributed by atoms with Crippen molar-refractivity contribution in [1.29, 1.82) is 0 Å². The SMILES string of the molecule is O=C(O)CC1CCN(CC2CCOCC2)C1. The highest BCUT2D eigenvalue weighted by molar-refractivity contribution is 5.67. The zero-order valence-electron chi connectivity index (χ0n) is 9.73. The van der Waals surface area contributed by atoms with E-state index in [0.29, 0.717) is 12.3 Å². The first-order valence-corrected chi connectivity index (χ1v) is 6.26. The lowest BCUT2D eigenvalue weighted by molar-refractivity contribution is -0.138. The molecule has 2 saturated heterocycles. The lowest BCUT2D eigenvalue weighted by atomic mass is 10.00. The van der Waals surface area contributed by atoms with Crippen LogP contribution in [0.3, 0.4) is 0 Å². The Morgan fingerprint density at radius 2 is 2.00 bits per heavy atom. The van der Waals surface area contributed by atoms with Gasteiger partial charge in [-0.25, -0.2) is 0 Å². The van der Waals surface area contributed by atoms with E-state index in [1.165, 1.54) is 12.8 Å². The predicted molar refractivity (Wildman–Crippen MR) is 60.3 cm³/mol. The van der Waals surface area contributed by atoms with Crippen LogP contribution in [0.25, 0.3) is 0 Å². The minimum absolute atomic E-state index is 0.338. The van der Waals surface area contributed by atoms with E-state index in [9.17, 15) is 4.79 Å². The maximum Gasteiger partial charge on any atom is 0.303 e. The zero-order chi connectivity index (χ0) is 11.4. The van der Waals surface area contributed by atoms with E-state index in [1.54, 1.807) is 0 Å². The fourth-order valence-corrected chi connectivity index (χ4v) is 2.79. The topological polar surface area (TPSA) is 49.8 Å². The number of hydrogen-bond acceptors (Lipinski definition) is 3. The van der Waals surface area contributed by atoms with Crippen LogP contribution in [0.2, 0.25) is 0 Å². The molecule has 2 rings (SSSR count). The van der Waals surface area contributed by atoms with Crippen molar-refractivity contribution in [3.05, 3.63) is 0 Å². The molecule has 2 aliphatic rings. The van der Waals surface area contributed by atoms with Crippen molar-refractivity contribution < 1.29 is 14.6 Å². The summed E-state index contributed by atoms with van der Waals surface area (Å²) in [6.07, 6.45) is 3.72. The van der Waals surface area contributed by atoms with Gasteiger partial charge < -0.3 is 14.7 Å². The summed E-state index contributed by atoms with van der Waals surface area (Å²) in [7, 11) is 0. The molecule has 0 radical (unpaired) electrons. The molecule has 92 valence electrons. The summed E-state index contributed by atoms with van der Waals surface area (Å²) in [6.45, 7) is 4.99. The third-order valence-corrected chi connectivity index (χ3v) is 3.69. The Kier molecular flexibility index (Phi) is 4.18. The summed E-state index contributed by atoms with van der Waals surface area (Å²) >= 11 is 0. The Labute approximate surface area is 96.6 Å². The van der Waals surface area contributed by atoms with Crippen LogP contribution in [0.4, 0.5) is 0 Å². The van der Waals surface area contributed by atoms with Gasteiger partial charge in [0.25, 0.3) is 0 Å². The molecule has 0 saturated carbocycles. The molecule has 4 heteroatoms. The van der Waals surface area contributed by atoms with Gasteiger partial charge in [-0.15, -0.1) is 0 Å². The summed E-state index contributed by atoms with van der Waals surface area (Å²) in [4.78, 5) is 13.1. The van der Waals surface area contributed by atoms with Gasteiger partial charge in [0, 0.05) is 32.7 Å². The van der Waals surface area contributed by atoms with E-state index in [2.05, 4.69) is 4.90 Å². The fraction of sp³-hybridized carbons (Fsp3) is 0.917. The van der Waals surface area contributed by atoms with E-state index in [4.69, 9.17) is 9.84 Å². The van der Waals surface area contributed by atoms with Gasteiger partial charge >= 0.3 is 5.97 Å². The molecule has 0 bridgehead atoms.